The summed E-state index contributed by atoms with van der Waals surface area (Å²) in [7, 11) is -3.73. The SMILES string of the molecule is CC[C@H](C)[C@H](N=C1NS(=O)(=O)c2ccccc21)C(=O)NNc1ccccc1[N+](=O)[O-]. The Bertz CT molecular complexity index is 1120. The summed E-state index contributed by atoms with van der Waals surface area (Å²) in [6.07, 6.45) is 0.606. The van der Waals surface area contributed by atoms with Gasteiger partial charge in [-0.15, -0.1) is 0 Å². The lowest BCUT2D eigenvalue weighted by atomic mass is 9.99. The van der Waals surface area contributed by atoms with E-state index in [1.54, 1.807) is 24.3 Å². The first-order valence-corrected chi connectivity index (χ1v) is 10.7. The number of hydrazine groups is 1. The summed E-state index contributed by atoms with van der Waals surface area (Å²) in [6, 6.07) is 11.3. The molecule has 10 nitrogen and oxygen atoms in total. The lowest BCUT2D eigenvalue weighted by Crippen LogP contribution is -2.41. The van der Waals surface area contributed by atoms with Gasteiger partial charge >= 0.3 is 0 Å². The Labute approximate surface area is 173 Å². The Kier molecular flexibility index (Phi) is 6.01. The van der Waals surface area contributed by atoms with Crippen molar-refractivity contribution in [2.75, 3.05) is 5.43 Å². The van der Waals surface area contributed by atoms with Crippen LogP contribution in [0.1, 0.15) is 25.8 Å². The number of rotatable bonds is 7. The van der Waals surface area contributed by atoms with Gasteiger partial charge in [-0.05, 0) is 24.1 Å². The number of nitro groups is 1. The van der Waals surface area contributed by atoms with E-state index in [1.807, 2.05) is 13.8 Å². The molecule has 1 amide bonds. The summed E-state index contributed by atoms with van der Waals surface area (Å²) in [5.74, 6) is -0.669. The van der Waals surface area contributed by atoms with E-state index in [4.69, 9.17) is 0 Å². The van der Waals surface area contributed by atoms with Crippen molar-refractivity contribution in [3.8, 4) is 0 Å². The first-order chi connectivity index (χ1) is 14.2. The molecule has 2 aromatic carbocycles. The van der Waals surface area contributed by atoms with E-state index in [9.17, 15) is 23.3 Å². The zero-order valence-electron chi connectivity index (χ0n) is 16.3. The summed E-state index contributed by atoms with van der Waals surface area (Å²) >= 11 is 0. The van der Waals surface area contributed by atoms with Crippen molar-refractivity contribution in [1.29, 1.82) is 0 Å². The highest BCUT2D eigenvalue weighted by molar-refractivity contribution is 7.90. The molecule has 0 saturated carbocycles. The normalized spacial score (nSPS) is 17.5. The number of carbonyl (C=O) groups excluding carboxylic acids is 1. The van der Waals surface area contributed by atoms with Crippen LogP contribution in [0.4, 0.5) is 11.4 Å². The van der Waals surface area contributed by atoms with Gasteiger partial charge in [0.15, 0.2) is 0 Å². The zero-order chi connectivity index (χ0) is 21.9. The van der Waals surface area contributed by atoms with Crippen molar-refractivity contribution < 1.29 is 18.1 Å². The van der Waals surface area contributed by atoms with Crippen LogP contribution >= 0.6 is 0 Å². The summed E-state index contributed by atoms with van der Waals surface area (Å²) in [5.41, 5.74) is 5.34. The molecular formula is C19H21N5O5S. The van der Waals surface area contributed by atoms with E-state index in [1.165, 1.54) is 24.3 Å². The van der Waals surface area contributed by atoms with E-state index in [-0.39, 0.29) is 28.0 Å². The maximum absolute atomic E-state index is 12.8. The van der Waals surface area contributed by atoms with Gasteiger partial charge in [0, 0.05) is 11.6 Å². The number of nitrogens with zero attached hydrogens (tertiary/aromatic N) is 2. The predicted octanol–water partition coefficient (Wildman–Crippen LogP) is 2.19. The van der Waals surface area contributed by atoms with E-state index < -0.39 is 26.9 Å². The van der Waals surface area contributed by atoms with Crippen LogP contribution in [0.3, 0.4) is 0 Å². The fraction of sp³-hybridized carbons (Fsp3) is 0.263. The summed E-state index contributed by atoms with van der Waals surface area (Å²) in [6.45, 7) is 3.70. The number of amides is 1. The van der Waals surface area contributed by atoms with E-state index in [0.29, 0.717) is 12.0 Å². The molecule has 1 aliphatic heterocycles. The van der Waals surface area contributed by atoms with Crippen molar-refractivity contribution in [2.24, 2.45) is 10.9 Å². The standard InChI is InChI=1S/C19H21N5O5S/c1-3-12(2)17(19(25)22-21-14-9-5-6-10-15(14)24(26)27)20-18-13-8-4-7-11-16(13)30(28,29)23-18/h4-12,17,21H,3H2,1-2H3,(H,20,23)(H,22,25)/t12-,17-/m0/s1. The highest BCUT2D eigenvalue weighted by atomic mass is 32.2. The molecule has 0 spiro atoms. The number of amidine groups is 1. The molecule has 0 unspecified atom stereocenters. The smallest absolute Gasteiger partial charge is 0.292 e. The lowest BCUT2D eigenvalue weighted by molar-refractivity contribution is -0.384. The van der Waals surface area contributed by atoms with Gasteiger partial charge in [0.05, 0.1) is 9.82 Å². The van der Waals surface area contributed by atoms with Crippen molar-refractivity contribution in [3.63, 3.8) is 0 Å². The van der Waals surface area contributed by atoms with E-state index in [0.717, 1.165) is 0 Å². The number of hydrogen-bond donors (Lipinski definition) is 3. The maximum Gasteiger partial charge on any atom is 0.294 e. The number of anilines is 1. The quantitative estimate of drug-likeness (QED) is 0.453. The molecule has 2 aromatic rings. The van der Waals surface area contributed by atoms with Crippen LogP contribution < -0.4 is 15.6 Å². The minimum absolute atomic E-state index is 0.0942. The van der Waals surface area contributed by atoms with Crippen LogP contribution in [0.2, 0.25) is 0 Å². The largest absolute Gasteiger partial charge is 0.294 e. The number of fused-ring (bicyclic) bond motifs is 1. The number of nitro benzene ring substituents is 1. The predicted molar refractivity (Wildman–Crippen MR) is 111 cm³/mol. The molecule has 158 valence electrons. The molecule has 0 saturated heterocycles. The average molecular weight is 431 g/mol. The zero-order valence-corrected chi connectivity index (χ0v) is 17.1. The van der Waals surface area contributed by atoms with Crippen LogP contribution in [0.25, 0.3) is 0 Å². The van der Waals surface area contributed by atoms with Crippen LogP contribution in [-0.4, -0.2) is 31.1 Å². The van der Waals surface area contributed by atoms with Crippen LogP contribution in [0.15, 0.2) is 58.4 Å². The lowest BCUT2D eigenvalue weighted by Gasteiger charge is -2.20. The molecule has 3 rings (SSSR count). The molecule has 30 heavy (non-hydrogen) atoms. The van der Waals surface area contributed by atoms with Gasteiger partial charge in [0.2, 0.25) is 0 Å². The number of hydrogen-bond acceptors (Lipinski definition) is 7. The Morgan fingerprint density at radius 1 is 1.20 bits per heavy atom. The number of aliphatic imine (C=N–C) groups is 1. The number of nitrogens with one attached hydrogen (secondary N) is 3. The number of carbonyl (C=O) groups is 1. The monoisotopic (exact) mass is 431 g/mol. The van der Waals surface area contributed by atoms with Crippen LogP contribution in [0.5, 0.6) is 0 Å². The molecule has 0 bridgehead atoms. The molecule has 0 aromatic heterocycles. The van der Waals surface area contributed by atoms with E-state index >= 15 is 0 Å². The highest BCUT2D eigenvalue weighted by Crippen LogP contribution is 2.25. The fourth-order valence-electron chi connectivity index (χ4n) is 2.98. The van der Waals surface area contributed by atoms with Gasteiger partial charge in [-0.25, -0.2) is 8.42 Å². The second-order valence-corrected chi connectivity index (χ2v) is 8.45. The van der Waals surface area contributed by atoms with Gasteiger partial charge in [-0.2, -0.15) is 0 Å². The highest BCUT2D eigenvalue weighted by Gasteiger charge is 2.33. The first-order valence-electron chi connectivity index (χ1n) is 9.24. The Morgan fingerprint density at radius 2 is 1.87 bits per heavy atom. The third-order valence-electron chi connectivity index (χ3n) is 4.80. The Morgan fingerprint density at radius 3 is 2.57 bits per heavy atom. The number of sulfonamides is 1. The topological polar surface area (TPSA) is 143 Å². The summed E-state index contributed by atoms with van der Waals surface area (Å²) < 4.78 is 27.0. The first kappa shape index (κ1) is 21.2. The van der Waals surface area contributed by atoms with Gasteiger partial charge in [0.1, 0.15) is 17.6 Å². The van der Waals surface area contributed by atoms with Crippen LogP contribution in [-0.2, 0) is 14.8 Å². The van der Waals surface area contributed by atoms with Gasteiger partial charge in [-0.3, -0.25) is 35.5 Å². The maximum atomic E-state index is 12.8. The molecule has 3 N–H and O–H groups in total. The third-order valence-corrected chi connectivity index (χ3v) is 6.20. The molecule has 11 heteroatoms. The Balaban J connectivity index is 1.87. The van der Waals surface area contributed by atoms with E-state index in [2.05, 4.69) is 20.6 Å². The molecule has 0 radical (unpaired) electrons. The Hall–Kier alpha value is -3.47. The summed E-state index contributed by atoms with van der Waals surface area (Å²) in [4.78, 5) is 27.9. The molecule has 2 atom stereocenters. The van der Waals surface area contributed by atoms with Crippen molar-refractivity contribution in [3.05, 3.63) is 64.2 Å². The van der Waals surface area contributed by atoms with Gasteiger partial charge in [-0.1, -0.05) is 44.5 Å². The minimum atomic E-state index is -3.73. The minimum Gasteiger partial charge on any atom is -0.292 e. The molecule has 1 heterocycles. The second kappa shape index (κ2) is 8.49. The number of para-hydroxylation sites is 2. The van der Waals surface area contributed by atoms with Crippen LogP contribution in [0, 0.1) is 16.0 Å². The molecule has 0 fully saturated rings. The van der Waals surface area contributed by atoms with Gasteiger partial charge < -0.3 is 0 Å². The average Bonchev–Trinajstić information content (AvgIpc) is 3.00. The van der Waals surface area contributed by atoms with Crippen molar-refractivity contribution in [1.82, 2.24) is 10.1 Å². The fourth-order valence-corrected chi connectivity index (χ4v) is 4.22. The molecular weight excluding hydrogens is 410 g/mol. The summed E-state index contributed by atoms with van der Waals surface area (Å²) in [5, 5.41) is 11.1. The van der Waals surface area contributed by atoms with Crippen molar-refractivity contribution in [2.45, 2.75) is 31.2 Å². The second-order valence-electron chi connectivity index (χ2n) is 6.80. The van der Waals surface area contributed by atoms with Crippen molar-refractivity contribution >= 4 is 33.1 Å². The third kappa shape index (κ3) is 4.25. The van der Waals surface area contributed by atoms with Gasteiger partial charge in [0.25, 0.3) is 21.6 Å². The number of benzene rings is 2. The molecule has 0 aliphatic carbocycles. The molecule has 1 aliphatic rings.